The van der Waals surface area contributed by atoms with E-state index in [9.17, 15) is 4.79 Å². The van der Waals surface area contributed by atoms with E-state index in [4.69, 9.17) is 9.84 Å². The van der Waals surface area contributed by atoms with E-state index in [1.54, 1.807) is 0 Å². The molecule has 56 valence electrons. The van der Waals surface area contributed by atoms with Crippen LogP contribution in [0, 0.1) is 0 Å². The summed E-state index contributed by atoms with van der Waals surface area (Å²) in [5, 5.41) is 8.94. The SMILES string of the molecule is O=C1OC2CO[C@@H](O)C2O1. The van der Waals surface area contributed by atoms with E-state index in [2.05, 4.69) is 9.47 Å². The zero-order valence-electron chi connectivity index (χ0n) is 5.02. The maximum absolute atomic E-state index is 10.4. The van der Waals surface area contributed by atoms with Crippen LogP contribution in [0.4, 0.5) is 4.79 Å². The molecule has 2 heterocycles. The minimum absolute atomic E-state index is 0.220. The highest BCUT2D eigenvalue weighted by molar-refractivity contribution is 5.62. The molecule has 10 heavy (non-hydrogen) atoms. The van der Waals surface area contributed by atoms with Crippen molar-refractivity contribution in [2.45, 2.75) is 18.5 Å². The van der Waals surface area contributed by atoms with Crippen molar-refractivity contribution in [1.82, 2.24) is 0 Å². The van der Waals surface area contributed by atoms with Gasteiger partial charge in [0.25, 0.3) is 0 Å². The Morgan fingerprint density at radius 2 is 2.30 bits per heavy atom. The van der Waals surface area contributed by atoms with E-state index in [1.165, 1.54) is 0 Å². The van der Waals surface area contributed by atoms with E-state index < -0.39 is 24.7 Å². The molecule has 0 bridgehead atoms. The smallest absolute Gasteiger partial charge is 0.424 e. The number of ether oxygens (including phenoxy) is 3. The number of aliphatic hydroxyl groups excluding tert-OH is 1. The second kappa shape index (κ2) is 1.83. The number of rotatable bonds is 0. The molecule has 0 saturated carbocycles. The summed E-state index contributed by atoms with van der Waals surface area (Å²) in [5.74, 6) is 0. The maximum atomic E-state index is 10.4. The Bertz CT molecular complexity index is 167. The Balaban J connectivity index is 2.12. The van der Waals surface area contributed by atoms with Gasteiger partial charge in [-0.15, -0.1) is 0 Å². The molecule has 3 atom stereocenters. The second-order valence-electron chi connectivity index (χ2n) is 2.21. The lowest BCUT2D eigenvalue weighted by Gasteiger charge is -2.05. The lowest BCUT2D eigenvalue weighted by atomic mass is 10.2. The highest BCUT2D eigenvalue weighted by atomic mass is 16.8. The van der Waals surface area contributed by atoms with Crippen LogP contribution in [0.5, 0.6) is 0 Å². The molecule has 2 aliphatic rings. The van der Waals surface area contributed by atoms with Gasteiger partial charge < -0.3 is 19.3 Å². The first kappa shape index (κ1) is 5.94. The first-order chi connectivity index (χ1) is 4.77. The van der Waals surface area contributed by atoms with Crippen LogP contribution in [0.2, 0.25) is 0 Å². The molecule has 5 nitrogen and oxygen atoms in total. The van der Waals surface area contributed by atoms with Crippen molar-refractivity contribution in [3.05, 3.63) is 0 Å². The minimum Gasteiger partial charge on any atom is -0.424 e. The minimum atomic E-state index is -1.02. The van der Waals surface area contributed by atoms with Gasteiger partial charge in [0, 0.05) is 0 Å². The third-order valence-electron chi connectivity index (χ3n) is 1.56. The molecule has 0 aromatic carbocycles. The number of hydrogen-bond donors (Lipinski definition) is 1. The first-order valence-corrected chi connectivity index (χ1v) is 2.94. The number of carbonyl (C=O) groups excluding carboxylic acids is 1. The summed E-state index contributed by atoms with van der Waals surface area (Å²) in [4.78, 5) is 10.4. The van der Waals surface area contributed by atoms with Crippen molar-refractivity contribution < 1.29 is 24.1 Å². The quantitative estimate of drug-likeness (QED) is 0.455. The van der Waals surface area contributed by atoms with Crippen LogP contribution in [-0.2, 0) is 14.2 Å². The molecule has 1 N–H and O–H groups in total. The second-order valence-corrected chi connectivity index (χ2v) is 2.21. The van der Waals surface area contributed by atoms with Gasteiger partial charge in [-0.1, -0.05) is 0 Å². The van der Waals surface area contributed by atoms with Gasteiger partial charge in [0.2, 0.25) is 0 Å². The van der Waals surface area contributed by atoms with Crippen LogP contribution < -0.4 is 0 Å². The van der Waals surface area contributed by atoms with Crippen molar-refractivity contribution in [2.75, 3.05) is 6.61 Å². The highest BCUT2D eigenvalue weighted by Gasteiger charge is 2.47. The van der Waals surface area contributed by atoms with Gasteiger partial charge in [-0.05, 0) is 0 Å². The molecule has 2 unspecified atom stereocenters. The molecule has 5 heteroatoms. The zero-order valence-corrected chi connectivity index (χ0v) is 5.02. The monoisotopic (exact) mass is 146 g/mol. The lowest BCUT2D eigenvalue weighted by molar-refractivity contribution is -0.108. The van der Waals surface area contributed by atoms with E-state index >= 15 is 0 Å². The molecule has 2 aliphatic heterocycles. The van der Waals surface area contributed by atoms with Crippen molar-refractivity contribution in [3.8, 4) is 0 Å². The third-order valence-corrected chi connectivity index (χ3v) is 1.56. The summed E-state index contributed by atoms with van der Waals surface area (Å²) >= 11 is 0. The molecular weight excluding hydrogens is 140 g/mol. The summed E-state index contributed by atoms with van der Waals surface area (Å²) in [5.41, 5.74) is 0. The van der Waals surface area contributed by atoms with E-state index in [0.29, 0.717) is 0 Å². The van der Waals surface area contributed by atoms with Crippen molar-refractivity contribution in [1.29, 1.82) is 0 Å². The molecule has 0 amide bonds. The molecule has 2 fully saturated rings. The van der Waals surface area contributed by atoms with Crippen LogP contribution >= 0.6 is 0 Å². The Labute approximate surface area is 56.5 Å². The van der Waals surface area contributed by atoms with Gasteiger partial charge in [0.15, 0.2) is 18.5 Å². The van der Waals surface area contributed by atoms with Gasteiger partial charge >= 0.3 is 6.16 Å². The Morgan fingerprint density at radius 1 is 1.50 bits per heavy atom. The van der Waals surface area contributed by atoms with Gasteiger partial charge in [0.1, 0.15) is 0 Å². The van der Waals surface area contributed by atoms with Crippen LogP contribution in [-0.4, -0.2) is 36.4 Å². The summed E-state index contributed by atoms with van der Waals surface area (Å²) in [6.45, 7) is 0.220. The molecule has 2 rings (SSSR count). The summed E-state index contributed by atoms with van der Waals surface area (Å²) in [6, 6.07) is 0. The van der Waals surface area contributed by atoms with E-state index in [0.717, 1.165) is 0 Å². The maximum Gasteiger partial charge on any atom is 0.509 e. The summed E-state index contributed by atoms with van der Waals surface area (Å²) in [7, 11) is 0. The average Bonchev–Trinajstić information content (AvgIpc) is 2.35. The molecule has 0 spiro atoms. The molecule has 0 aromatic heterocycles. The number of fused-ring (bicyclic) bond motifs is 1. The fourth-order valence-corrected chi connectivity index (χ4v) is 1.06. The lowest BCUT2D eigenvalue weighted by Crippen LogP contribution is -2.26. The molecule has 0 radical (unpaired) electrons. The molecule has 0 aliphatic carbocycles. The zero-order chi connectivity index (χ0) is 7.14. The van der Waals surface area contributed by atoms with Crippen LogP contribution in [0.15, 0.2) is 0 Å². The van der Waals surface area contributed by atoms with Crippen molar-refractivity contribution in [2.24, 2.45) is 0 Å². The van der Waals surface area contributed by atoms with Gasteiger partial charge in [0.05, 0.1) is 6.61 Å². The van der Waals surface area contributed by atoms with Gasteiger partial charge in [-0.2, -0.15) is 0 Å². The molecular formula is C5H6O5. The van der Waals surface area contributed by atoms with Crippen molar-refractivity contribution >= 4 is 6.16 Å². The van der Waals surface area contributed by atoms with Crippen LogP contribution in [0.25, 0.3) is 0 Å². The fraction of sp³-hybridized carbons (Fsp3) is 0.800. The molecule has 0 aromatic rings. The summed E-state index contributed by atoms with van der Waals surface area (Å²) < 4.78 is 13.9. The van der Waals surface area contributed by atoms with E-state index in [-0.39, 0.29) is 6.61 Å². The predicted molar refractivity (Wildman–Crippen MR) is 27.1 cm³/mol. The highest BCUT2D eigenvalue weighted by Crippen LogP contribution is 2.24. The topological polar surface area (TPSA) is 65.0 Å². The number of aliphatic hydroxyl groups is 1. The number of hydrogen-bond acceptors (Lipinski definition) is 5. The van der Waals surface area contributed by atoms with Gasteiger partial charge in [-0.25, -0.2) is 4.79 Å². The van der Waals surface area contributed by atoms with Crippen LogP contribution in [0.3, 0.4) is 0 Å². The van der Waals surface area contributed by atoms with Gasteiger partial charge in [-0.3, -0.25) is 0 Å². The van der Waals surface area contributed by atoms with Crippen LogP contribution in [0.1, 0.15) is 0 Å². The predicted octanol–water partition coefficient (Wildman–Crippen LogP) is -0.761. The fourth-order valence-electron chi connectivity index (χ4n) is 1.06. The largest absolute Gasteiger partial charge is 0.509 e. The van der Waals surface area contributed by atoms with Crippen molar-refractivity contribution in [3.63, 3.8) is 0 Å². The Hall–Kier alpha value is -0.810. The summed E-state index contributed by atoms with van der Waals surface area (Å²) in [6.07, 6.45) is -2.77. The average molecular weight is 146 g/mol. The number of carbonyl (C=O) groups is 1. The van der Waals surface area contributed by atoms with E-state index in [1.807, 2.05) is 0 Å². The normalized spacial score (nSPS) is 44.5. The standard InChI is InChI=1S/C5H6O5/c6-4-3-2(1-8-4)9-5(7)10-3/h2-4,6H,1H2/t2?,3?,4-/m1/s1. The third kappa shape index (κ3) is 0.676. The molecule has 2 saturated heterocycles. The Morgan fingerprint density at radius 3 is 3.00 bits per heavy atom. The Kier molecular flexibility index (Phi) is 1.09. The first-order valence-electron chi connectivity index (χ1n) is 2.94.